The van der Waals surface area contributed by atoms with Crippen LogP contribution < -0.4 is 0 Å². The van der Waals surface area contributed by atoms with E-state index in [4.69, 9.17) is 0 Å². The van der Waals surface area contributed by atoms with Gasteiger partial charge in [0.1, 0.15) is 0 Å². The Hall–Kier alpha value is -0.870. The SMILES string of the molecule is CCCCCCCCCCCCC/C=C/C(=O)N(CCCCN(C)C)CCCCN(C)C. The number of unbranched alkanes of at least 4 members (excludes halogenated alkanes) is 13. The van der Waals surface area contributed by atoms with Crippen LogP contribution in [0.5, 0.6) is 0 Å². The molecule has 0 radical (unpaired) electrons. The van der Waals surface area contributed by atoms with Crippen molar-refractivity contribution in [3.05, 3.63) is 12.2 Å². The molecular formula is C28H57N3O. The maximum absolute atomic E-state index is 12.7. The van der Waals surface area contributed by atoms with Crippen molar-refractivity contribution in [2.45, 2.75) is 110 Å². The van der Waals surface area contributed by atoms with E-state index in [0.29, 0.717) is 0 Å². The van der Waals surface area contributed by atoms with Crippen molar-refractivity contribution in [1.82, 2.24) is 14.7 Å². The van der Waals surface area contributed by atoms with Gasteiger partial charge in [-0.3, -0.25) is 4.79 Å². The van der Waals surface area contributed by atoms with Crippen molar-refractivity contribution in [2.75, 3.05) is 54.4 Å². The number of allylic oxidation sites excluding steroid dienone is 1. The largest absolute Gasteiger partial charge is 0.339 e. The van der Waals surface area contributed by atoms with Crippen molar-refractivity contribution in [3.63, 3.8) is 0 Å². The van der Waals surface area contributed by atoms with Crippen LogP contribution in [0.15, 0.2) is 12.2 Å². The molecule has 0 bridgehead atoms. The lowest BCUT2D eigenvalue weighted by molar-refractivity contribution is -0.126. The molecule has 32 heavy (non-hydrogen) atoms. The van der Waals surface area contributed by atoms with Gasteiger partial charge in [0, 0.05) is 13.1 Å². The average molecular weight is 452 g/mol. The zero-order valence-corrected chi connectivity index (χ0v) is 22.5. The molecule has 0 fully saturated rings. The first kappa shape index (κ1) is 31.1. The number of hydrogen-bond donors (Lipinski definition) is 0. The summed E-state index contributed by atoms with van der Waals surface area (Å²) in [5, 5.41) is 0. The highest BCUT2D eigenvalue weighted by molar-refractivity contribution is 5.87. The second-order valence-corrected chi connectivity index (χ2v) is 10.1. The molecule has 0 N–H and O–H groups in total. The zero-order valence-electron chi connectivity index (χ0n) is 22.5. The molecule has 1 amide bonds. The summed E-state index contributed by atoms with van der Waals surface area (Å²) < 4.78 is 0. The highest BCUT2D eigenvalue weighted by Gasteiger charge is 2.10. The van der Waals surface area contributed by atoms with Crippen LogP contribution in [-0.2, 0) is 4.79 Å². The molecule has 0 unspecified atom stereocenters. The Morgan fingerprint density at radius 3 is 1.41 bits per heavy atom. The van der Waals surface area contributed by atoms with Crippen molar-refractivity contribution in [1.29, 1.82) is 0 Å². The molecule has 0 aromatic carbocycles. The maximum atomic E-state index is 12.7. The Morgan fingerprint density at radius 1 is 0.562 bits per heavy atom. The highest BCUT2D eigenvalue weighted by atomic mass is 16.2. The third kappa shape index (κ3) is 22.3. The minimum atomic E-state index is 0.211. The van der Waals surface area contributed by atoms with Gasteiger partial charge in [-0.25, -0.2) is 0 Å². The molecule has 0 aromatic rings. The minimum Gasteiger partial charge on any atom is -0.339 e. The van der Waals surface area contributed by atoms with Gasteiger partial charge in [0.2, 0.25) is 5.91 Å². The van der Waals surface area contributed by atoms with Crippen molar-refractivity contribution < 1.29 is 4.79 Å². The second-order valence-electron chi connectivity index (χ2n) is 10.1. The minimum absolute atomic E-state index is 0.211. The van der Waals surface area contributed by atoms with Crippen LogP contribution >= 0.6 is 0 Å². The Labute approximate surface area is 201 Å². The Bertz CT molecular complexity index is 418. The highest BCUT2D eigenvalue weighted by Crippen LogP contribution is 2.12. The molecule has 190 valence electrons. The lowest BCUT2D eigenvalue weighted by Gasteiger charge is -2.22. The van der Waals surface area contributed by atoms with Gasteiger partial charge < -0.3 is 14.7 Å². The molecular weight excluding hydrogens is 394 g/mol. The summed E-state index contributed by atoms with van der Waals surface area (Å²) in [6.07, 6.45) is 24.5. The monoisotopic (exact) mass is 451 g/mol. The molecule has 0 saturated heterocycles. The third-order valence-electron chi connectivity index (χ3n) is 6.11. The van der Waals surface area contributed by atoms with Gasteiger partial charge in [0.15, 0.2) is 0 Å². The lowest BCUT2D eigenvalue weighted by Crippen LogP contribution is -2.32. The van der Waals surface area contributed by atoms with Gasteiger partial charge in [-0.2, -0.15) is 0 Å². The average Bonchev–Trinajstić information content (AvgIpc) is 2.75. The van der Waals surface area contributed by atoms with Gasteiger partial charge in [-0.15, -0.1) is 0 Å². The fourth-order valence-corrected chi connectivity index (χ4v) is 4.01. The van der Waals surface area contributed by atoms with E-state index >= 15 is 0 Å². The summed E-state index contributed by atoms with van der Waals surface area (Å²) in [6, 6.07) is 0. The van der Waals surface area contributed by atoms with Gasteiger partial charge in [0.05, 0.1) is 0 Å². The molecule has 0 spiro atoms. The first-order valence-electron chi connectivity index (χ1n) is 13.7. The first-order valence-corrected chi connectivity index (χ1v) is 13.7. The summed E-state index contributed by atoms with van der Waals surface area (Å²) in [5.41, 5.74) is 0. The van der Waals surface area contributed by atoms with Crippen LogP contribution in [0.2, 0.25) is 0 Å². The van der Waals surface area contributed by atoms with Gasteiger partial charge >= 0.3 is 0 Å². The number of rotatable bonds is 23. The quantitative estimate of drug-likeness (QED) is 0.127. The molecule has 0 saturated carbocycles. The van der Waals surface area contributed by atoms with E-state index in [9.17, 15) is 4.79 Å². The van der Waals surface area contributed by atoms with E-state index in [0.717, 1.165) is 58.3 Å². The van der Waals surface area contributed by atoms with Gasteiger partial charge in [-0.05, 0) is 85.9 Å². The fraction of sp³-hybridized carbons (Fsp3) is 0.893. The summed E-state index contributed by atoms with van der Waals surface area (Å²) >= 11 is 0. The second kappa shape index (κ2) is 23.3. The molecule has 0 atom stereocenters. The third-order valence-corrected chi connectivity index (χ3v) is 6.11. The van der Waals surface area contributed by atoms with E-state index in [1.54, 1.807) is 0 Å². The zero-order chi connectivity index (χ0) is 23.9. The number of amides is 1. The molecule has 4 heteroatoms. The van der Waals surface area contributed by atoms with Crippen molar-refractivity contribution in [3.8, 4) is 0 Å². The maximum Gasteiger partial charge on any atom is 0.246 e. The summed E-state index contributed by atoms with van der Waals surface area (Å²) in [7, 11) is 8.45. The van der Waals surface area contributed by atoms with Crippen molar-refractivity contribution >= 4 is 5.91 Å². The Morgan fingerprint density at radius 2 is 0.969 bits per heavy atom. The number of carbonyl (C=O) groups is 1. The lowest BCUT2D eigenvalue weighted by atomic mass is 10.1. The number of carbonyl (C=O) groups excluding carboxylic acids is 1. The van der Waals surface area contributed by atoms with Crippen LogP contribution in [0.25, 0.3) is 0 Å². The molecule has 4 nitrogen and oxygen atoms in total. The standard InChI is InChI=1S/C28H57N3O/c1-6-7-8-9-10-11-12-13-14-15-16-17-18-23-28(32)31(26-21-19-24-29(2)3)27-22-20-25-30(4)5/h18,23H,6-17,19-22,24-27H2,1-5H3/b23-18+. The van der Waals surface area contributed by atoms with Crippen LogP contribution in [0.4, 0.5) is 0 Å². The van der Waals surface area contributed by atoms with E-state index in [1.165, 1.54) is 70.6 Å². The number of nitrogens with zero attached hydrogens (tertiary/aromatic N) is 3. The van der Waals surface area contributed by atoms with Crippen molar-refractivity contribution in [2.24, 2.45) is 0 Å². The summed E-state index contributed by atoms with van der Waals surface area (Å²) in [6.45, 7) is 6.24. The van der Waals surface area contributed by atoms with Crippen LogP contribution in [-0.4, -0.2) is 75.0 Å². The number of hydrogen-bond acceptors (Lipinski definition) is 3. The van der Waals surface area contributed by atoms with E-state index in [-0.39, 0.29) is 5.91 Å². The smallest absolute Gasteiger partial charge is 0.246 e. The van der Waals surface area contributed by atoms with E-state index in [2.05, 4.69) is 55.9 Å². The Kier molecular flexibility index (Phi) is 22.7. The first-order chi connectivity index (χ1) is 15.5. The Balaban J connectivity index is 3.96. The van der Waals surface area contributed by atoms with Crippen LogP contribution in [0, 0.1) is 0 Å². The van der Waals surface area contributed by atoms with Gasteiger partial charge in [-0.1, -0.05) is 77.2 Å². The van der Waals surface area contributed by atoms with Crippen LogP contribution in [0.3, 0.4) is 0 Å². The topological polar surface area (TPSA) is 26.8 Å². The van der Waals surface area contributed by atoms with Crippen LogP contribution in [0.1, 0.15) is 110 Å². The predicted octanol–water partition coefficient (Wildman–Crippen LogP) is 6.76. The van der Waals surface area contributed by atoms with E-state index in [1.807, 2.05) is 6.08 Å². The molecule has 0 heterocycles. The molecule has 0 rings (SSSR count). The summed E-state index contributed by atoms with van der Waals surface area (Å²) in [5.74, 6) is 0.211. The predicted molar refractivity (Wildman–Crippen MR) is 142 cm³/mol. The van der Waals surface area contributed by atoms with Gasteiger partial charge in [0.25, 0.3) is 0 Å². The summed E-state index contributed by atoms with van der Waals surface area (Å²) in [4.78, 5) is 19.2. The molecule has 0 aliphatic carbocycles. The molecule has 0 aliphatic heterocycles. The fourth-order valence-electron chi connectivity index (χ4n) is 4.01. The molecule has 0 aliphatic rings. The molecule has 0 aromatic heterocycles. The normalized spacial score (nSPS) is 11.8. The van der Waals surface area contributed by atoms with E-state index < -0.39 is 0 Å².